The molecule has 1 amide bonds. The standard InChI is InChI=1S/C21H32N6O.HI/c1-16(2)7-4-8-17(3)25-21(22)23-14-18-9-5-10-19(13-18)26-20(28)15-27-12-6-11-24-27;/h5-6,9-13,16-17H,4,7-8,14-15H2,1-3H3,(H,26,28)(H3,22,23,25);1H. The predicted molar refractivity (Wildman–Crippen MR) is 129 cm³/mol. The molecule has 160 valence electrons. The van der Waals surface area contributed by atoms with Gasteiger partial charge in [-0.05, 0) is 43.0 Å². The molecule has 0 aliphatic heterocycles. The number of amides is 1. The normalized spacial score (nSPS) is 12.3. The van der Waals surface area contributed by atoms with Gasteiger partial charge < -0.3 is 16.4 Å². The summed E-state index contributed by atoms with van der Waals surface area (Å²) in [4.78, 5) is 16.5. The summed E-state index contributed by atoms with van der Waals surface area (Å²) >= 11 is 0. The Bertz CT molecular complexity index is 760. The Morgan fingerprint density at radius 3 is 2.72 bits per heavy atom. The molecule has 1 heterocycles. The fourth-order valence-corrected chi connectivity index (χ4v) is 2.87. The van der Waals surface area contributed by atoms with Crippen LogP contribution in [0.5, 0.6) is 0 Å². The number of anilines is 1. The fraction of sp³-hybridized carbons (Fsp3) is 0.476. The number of nitrogens with one attached hydrogen (secondary N) is 2. The highest BCUT2D eigenvalue weighted by Crippen LogP contribution is 2.12. The minimum atomic E-state index is -0.124. The van der Waals surface area contributed by atoms with Gasteiger partial charge >= 0.3 is 0 Å². The van der Waals surface area contributed by atoms with Crippen LogP contribution in [0.1, 0.15) is 45.6 Å². The number of aromatic nitrogens is 2. The van der Waals surface area contributed by atoms with E-state index in [2.05, 4.69) is 41.5 Å². The Balaban J connectivity index is 0.00000420. The Morgan fingerprint density at radius 1 is 1.24 bits per heavy atom. The van der Waals surface area contributed by atoms with Crippen LogP contribution in [0.15, 0.2) is 47.7 Å². The average Bonchev–Trinajstić information content (AvgIpc) is 3.12. The van der Waals surface area contributed by atoms with Gasteiger partial charge in [-0.2, -0.15) is 5.10 Å². The maximum absolute atomic E-state index is 12.1. The Hall–Kier alpha value is -2.10. The van der Waals surface area contributed by atoms with Gasteiger partial charge in [-0.3, -0.25) is 9.48 Å². The topological polar surface area (TPSA) is 97.3 Å². The van der Waals surface area contributed by atoms with E-state index in [4.69, 9.17) is 5.73 Å². The lowest BCUT2D eigenvalue weighted by molar-refractivity contribution is -0.116. The lowest BCUT2D eigenvalue weighted by Gasteiger charge is -2.15. The van der Waals surface area contributed by atoms with E-state index in [1.54, 1.807) is 23.1 Å². The quantitative estimate of drug-likeness (QED) is 0.257. The Morgan fingerprint density at radius 2 is 2.03 bits per heavy atom. The minimum Gasteiger partial charge on any atom is -0.370 e. The van der Waals surface area contributed by atoms with Crippen molar-refractivity contribution in [3.8, 4) is 0 Å². The first-order valence-electron chi connectivity index (χ1n) is 9.85. The zero-order valence-electron chi connectivity index (χ0n) is 17.5. The molecular weight excluding hydrogens is 479 g/mol. The number of rotatable bonds is 10. The molecule has 7 nitrogen and oxygen atoms in total. The van der Waals surface area contributed by atoms with Crippen LogP contribution >= 0.6 is 24.0 Å². The lowest BCUT2D eigenvalue weighted by atomic mass is 10.0. The first-order valence-corrected chi connectivity index (χ1v) is 9.85. The molecular formula is C21H33IN6O. The first kappa shape index (κ1) is 24.9. The third-order valence-electron chi connectivity index (χ3n) is 4.32. The Labute approximate surface area is 190 Å². The smallest absolute Gasteiger partial charge is 0.246 e. The SMILES string of the molecule is CC(C)CCCC(C)NC(N)=NCc1cccc(NC(=O)Cn2cccn2)c1.I. The van der Waals surface area contributed by atoms with Crippen molar-refractivity contribution >= 4 is 41.5 Å². The molecule has 1 aromatic heterocycles. The van der Waals surface area contributed by atoms with Crippen LogP contribution in [-0.2, 0) is 17.9 Å². The van der Waals surface area contributed by atoms with Gasteiger partial charge in [0.2, 0.25) is 5.91 Å². The van der Waals surface area contributed by atoms with E-state index >= 15 is 0 Å². The van der Waals surface area contributed by atoms with E-state index in [0.29, 0.717) is 18.5 Å². The molecule has 1 atom stereocenters. The Kier molecular flexibility index (Phi) is 11.3. The summed E-state index contributed by atoms with van der Waals surface area (Å²) in [5, 5.41) is 10.2. The number of carbonyl (C=O) groups excluding carboxylic acids is 1. The largest absolute Gasteiger partial charge is 0.370 e. The van der Waals surface area contributed by atoms with Gasteiger partial charge in [-0.1, -0.05) is 38.8 Å². The van der Waals surface area contributed by atoms with Gasteiger partial charge in [0.15, 0.2) is 5.96 Å². The van der Waals surface area contributed by atoms with Crippen molar-refractivity contribution in [3.63, 3.8) is 0 Å². The van der Waals surface area contributed by atoms with Crippen LogP contribution in [0.2, 0.25) is 0 Å². The maximum Gasteiger partial charge on any atom is 0.246 e. The number of hydrogen-bond acceptors (Lipinski definition) is 3. The van der Waals surface area contributed by atoms with Crippen molar-refractivity contribution in [2.45, 2.75) is 59.2 Å². The van der Waals surface area contributed by atoms with Crippen LogP contribution in [0.4, 0.5) is 5.69 Å². The molecule has 8 heteroatoms. The molecule has 1 unspecified atom stereocenters. The average molecular weight is 512 g/mol. The van der Waals surface area contributed by atoms with E-state index in [1.165, 1.54) is 12.8 Å². The number of guanidine groups is 1. The van der Waals surface area contributed by atoms with Gasteiger partial charge in [-0.15, -0.1) is 24.0 Å². The highest BCUT2D eigenvalue weighted by Gasteiger charge is 2.06. The van der Waals surface area contributed by atoms with E-state index in [1.807, 2.05) is 24.3 Å². The van der Waals surface area contributed by atoms with Crippen LogP contribution in [0, 0.1) is 5.92 Å². The number of nitrogens with two attached hydrogens (primary N) is 1. The van der Waals surface area contributed by atoms with Gasteiger partial charge in [0.25, 0.3) is 0 Å². The summed E-state index contributed by atoms with van der Waals surface area (Å²) in [6, 6.07) is 9.71. The molecule has 0 saturated carbocycles. The van der Waals surface area contributed by atoms with Crippen molar-refractivity contribution < 1.29 is 4.79 Å². The number of benzene rings is 1. The monoisotopic (exact) mass is 512 g/mol. The van der Waals surface area contributed by atoms with Crippen molar-refractivity contribution in [2.24, 2.45) is 16.6 Å². The lowest BCUT2D eigenvalue weighted by Crippen LogP contribution is -2.38. The predicted octanol–water partition coefficient (Wildman–Crippen LogP) is 3.76. The zero-order chi connectivity index (χ0) is 20.4. The summed E-state index contributed by atoms with van der Waals surface area (Å²) in [7, 11) is 0. The number of hydrogen-bond donors (Lipinski definition) is 3. The number of aliphatic imine (C=N–C) groups is 1. The second-order valence-electron chi connectivity index (χ2n) is 7.52. The van der Waals surface area contributed by atoms with E-state index < -0.39 is 0 Å². The van der Waals surface area contributed by atoms with Crippen molar-refractivity contribution in [2.75, 3.05) is 5.32 Å². The third kappa shape index (κ3) is 10.3. The summed E-state index contributed by atoms with van der Waals surface area (Å²) in [6.45, 7) is 7.24. The molecule has 0 spiro atoms. The molecule has 2 aromatic rings. The highest BCUT2D eigenvalue weighted by atomic mass is 127. The summed E-state index contributed by atoms with van der Waals surface area (Å²) in [6.07, 6.45) is 6.88. The van der Waals surface area contributed by atoms with E-state index in [-0.39, 0.29) is 36.4 Å². The van der Waals surface area contributed by atoms with Gasteiger partial charge in [-0.25, -0.2) is 4.99 Å². The number of carbonyl (C=O) groups is 1. The highest BCUT2D eigenvalue weighted by molar-refractivity contribution is 14.0. The molecule has 0 aliphatic rings. The zero-order valence-corrected chi connectivity index (χ0v) is 19.8. The number of halogens is 1. The van der Waals surface area contributed by atoms with Crippen LogP contribution < -0.4 is 16.4 Å². The van der Waals surface area contributed by atoms with Crippen LogP contribution in [-0.4, -0.2) is 27.7 Å². The molecule has 0 aliphatic carbocycles. The minimum absolute atomic E-state index is 0. The van der Waals surface area contributed by atoms with Crippen molar-refractivity contribution in [1.29, 1.82) is 0 Å². The van der Waals surface area contributed by atoms with Crippen molar-refractivity contribution in [3.05, 3.63) is 48.3 Å². The number of nitrogens with zero attached hydrogens (tertiary/aromatic N) is 3. The molecule has 0 radical (unpaired) electrons. The van der Waals surface area contributed by atoms with Gasteiger partial charge in [0.1, 0.15) is 6.54 Å². The summed E-state index contributed by atoms with van der Waals surface area (Å²) in [5.41, 5.74) is 7.72. The van der Waals surface area contributed by atoms with Crippen LogP contribution in [0.25, 0.3) is 0 Å². The third-order valence-corrected chi connectivity index (χ3v) is 4.32. The fourth-order valence-electron chi connectivity index (χ4n) is 2.87. The van der Waals surface area contributed by atoms with Crippen molar-refractivity contribution in [1.82, 2.24) is 15.1 Å². The van der Waals surface area contributed by atoms with E-state index in [0.717, 1.165) is 23.6 Å². The second-order valence-corrected chi connectivity index (χ2v) is 7.52. The first-order chi connectivity index (χ1) is 13.4. The molecule has 0 fully saturated rings. The molecule has 1 aromatic carbocycles. The maximum atomic E-state index is 12.1. The van der Waals surface area contributed by atoms with Gasteiger partial charge in [0.05, 0.1) is 6.54 Å². The molecule has 0 saturated heterocycles. The summed E-state index contributed by atoms with van der Waals surface area (Å²) in [5.74, 6) is 1.05. The molecule has 2 rings (SSSR count). The summed E-state index contributed by atoms with van der Waals surface area (Å²) < 4.78 is 1.58. The van der Waals surface area contributed by atoms with Crippen LogP contribution in [0.3, 0.4) is 0 Å². The molecule has 29 heavy (non-hydrogen) atoms. The second kappa shape index (κ2) is 13.2. The van der Waals surface area contributed by atoms with E-state index in [9.17, 15) is 4.79 Å². The van der Waals surface area contributed by atoms with Gasteiger partial charge in [0, 0.05) is 24.1 Å². The molecule has 0 bridgehead atoms. The molecule has 4 N–H and O–H groups in total.